The van der Waals surface area contributed by atoms with Crippen LogP contribution in [0.3, 0.4) is 0 Å². The second-order valence-corrected chi connectivity index (χ2v) is 4.76. The molecule has 0 fully saturated rings. The van der Waals surface area contributed by atoms with Gasteiger partial charge in [-0.2, -0.15) is 13.2 Å². The standard InChI is InChI=1S/C12H8BrF3N2O2/c13-7-1-2-9(10(5-7)12(14,15)16)11(19)17-6-8-3-4-18-20-8/h1-5H,6H2,(H,17,19). The molecule has 1 aromatic heterocycles. The third kappa shape index (κ3) is 3.38. The van der Waals surface area contributed by atoms with Gasteiger partial charge in [0, 0.05) is 10.5 Å². The summed E-state index contributed by atoms with van der Waals surface area (Å²) >= 11 is 2.95. The number of carbonyl (C=O) groups excluding carboxylic acids is 1. The minimum atomic E-state index is -4.61. The fraction of sp³-hybridized carbons (Fsp3) is 0.167. The topological polar surface area (TPSA) is 55.1 Å². The number of hydrogen-bond donors (Lipinski definition) is 1. The average Bonchev–Trinajstić information content (AvgIpc) is 2.88. The molecule has 4 nitrogen and oxygen atoms in total. The zero-order valence-corrected chi connectivity index (χ0v) is 11.5. The number of hydrogen-bond acceptors (Lipinski definition) is 3. The minimum absolute atomic E-state index is 0.0355. The fourth-order valence-electron chi connectivity index (χ4n) is 1.54. The molecule has 0 aliphatic heterocycles. The molecular formula is C12H8BrF3N2O2. The Morgan fingerprint density at radius 2 is 2.10 bits per heavy atom. The van der Waals surface area contributed by atoms with Crippen LogP contribution >= 0.6 is 15.9 Å². The van der Waals surface area contributed by atoms with E-state index in [0.29, 0.717) is 5.76 Å². The van der Waals surface area contributed by atoms with Gasteiger partial charge in [0.2, 0.25) is 0 Å². The lowest BCUT2D eigenvalue weighted by Gasteiger charge is -2.12. The number of alkyl halides is 3. The minimum Gasteiger partial charge on any atom is -0.360 e. The average molecular weight is 349 g/mol. The quantitative estimate of drug-likeness (QED) is 0.924. The highest BCUT2D eigenvalue weighted by Crippen LogP contribution is 2.33. The third-order valence-electron chi connectivity index (χ3n) is 2.45. The second kappa shape index (κ2) is 5.66. The zero-order chi connectivity index (χ0) is 14.8. The van der Waals surface area contributed by atoms with Crippen molar-refractivity contribution in [2.75, 3.05) is 0 Å². The highest BCUT2D eigenvalue weighted by Gasteiger charge is 2.35. The Morgan fingerprint density at radius 3 is 2.70 bits per heavy atom. The summed E-state index contributed by atoms with van der Waals surface area (Å²) in [4.78, 5) is 11.8. The molecule has 0 saturated heterocycles. The van der Waals surface area contributed by atoms with E-state index >= 15 is 0 Å². The van der Waals surface area contributed by atoms with Crippen molar-refractivity contribution in [1.29, 1.82) is 0 Å². The van der Waals surface area contributed by atoms with E-state index in [-0.39, 0.29) is 11.0 Å². The number of benzene rings is 1. The molecule has 106 valence electrons. The predicted octanol–water partition coefficient (Wildman–Crippen LogP) is 3.39. The van der Waals surface area contributed by atoms with Crippen molar-refractivity contribution in [3.63, 3.8) is 0 Å². The SMILES string of the molecule is O=C(NCc1ccno1)c1ccc(Br)cc1C(F)(F)F. The van der Waals surface area contributed by atoms with E-state index < -0.39 is 23.2 Å². The number of amides is 1. The highest BCUT2D eigenvalue weighted by atomic mass is 79.9. The van der Waals surface area contributed by atoms with Crippen LogP contribution in [0.5, 0.6) is 0 Å². The molecule has 0 spiro atoms. The maximum Gasteiger partial charge on any atom is 0.417 e. The van der Waals surface area contributed by atoms with Gasteiger partial charge in [0.05, 0.1) is 23.9 Å². The summed E-state index contributed by atoms with van der Waals surface area (Å²) in [6.07, 6.45) is -3.23. The summed E-state index contributed by atoms with van der Waals surface area (Å²) in [5.41, 5.74) is -1.44. The van der Waals surface area contributed by atoms with E-state index in [9.17, 15) is 18.0 Å². The summed E-state index contributed by atoms with van der Waals surface area (Å²) < 4.78 is 43.6. The van der Waals surface area contributed by atoms with Gasteiger partial charge < -0.3 is 9.84 Å². The lowest BCUT2D eigenvalue weighted by Crippen LogP contribution is -2.25. The number of carbonyl (C=O) groups is 1. The number of nitrogens with zero attached hydrogens (tertiary/aromatic N) is 1. The molecule has 0 saturated carbocycles. The van der Waals surface area contributed by atoms with Crippen molar-refractivity contribution in [3.05, 3.63) is 51.8 Å². The van der Waals surface area contributed by atoms with Crippen LogP contribution in [-0.4, -0.2) is 11.1 Å². The third-order valence-corrected chi connectivity index (χ3v) is 2.94. The zero-order valence-electron chi connectivity index (χ0n) is 9.87. The Kier molecular flexibility index (Phi) is 4.12. The van der Waals surface area contributed by atoms with Crippen molar-refractivity contribution in [2.45, 2.75) is 12.7 Å². The smallest absolute Gasteiger partial charge is 0.360 e. The van der Waals surface area contributed by atoms with E-state index in [0.717, 1.165) is 12.1 Å². The van der Waals surface area contributed by atoms with Gasteiger partial charge in [-0.15, -0.1) is 0 Å². The summed E-state index contributed by atoms with van der Waals surface area (Å²) in [6.45, 7) is -0.0355. The Bertz CT molecular complexity index is 612. The lowest BCUT2D eigenvalue weighted by molar-refractivity contribution is -0.138. The first-order chi connectivity index (χ1) is 9.38. The molecule has 2 rings (SSSR count). The first-order valence-corrected chi connectivity index (χ1v) is 6.22. The van der Waals surface area contributed by atoms with Crippen LogP contribution in [0.25, 0.3) is 0 Å². The lowest BCUT2D eigenvalue weighted by atomic mass is 10.1. The second-order valence-electron chi connectivity index (χ2n) is 3.85. The van der Waals surface area contributed by atoms with Crippen molar-refractivity contribution in [3.8, 4) is 0 Å². The summed E-state index contributed by atoms with van der Waals surface area (Å²) in [6, 6.07) is 4.86. The van der Waals surface area contributed by atoms with Gasteiger partial charge in [0.15, 0.2) is 5.76 Å². The molecule has 1 amide bonds. The van der Waals surface area contributed by atoms with Gasteiger partial charge in [-0.05, 0) is 18.2 Å². The van der Waals surface area contributed by atoms with Crippen LogP contribution in [0.15, 0.2) is 39.5 Å². The number of halogens is 4. The largest absolute Gasteiger partial charge is 0.417 e. The monoisotopic (exact) mass is 348 g/mol. The maximum absolute atomic E-state index is 12.9. The molecule has 2 aromatic rings. The van der Waals surface area contributed by atoms with Crippen LogP contribution < -0.4 is 5.32 Å². The first-order valence-electron chi connectivity index (χ1n) is 5.42. The molecular weight excluding hydrogens is 341 g/mol. The normalized spacial score (nSPS) is 11.4. The fourth-order valence-corrected chi connectivity index (χ4v) is 1.91. The van der Waals surface area contributed by atoms with Crippen LogP contribution in [0.4, 0.5) is 13.2 Å². The van der Waals surface area contributed by atoms with E-state index in [4.69, 9.17) is 4.52 Å². The van der Waals surface area contributed by atoms with Crippen molar-refractivity contribution < 1.29 is 22.5 Å². The molecule has 0 radical (unpaired) electrons. The van der Waals surface area contributed by atoms with Gasteiger partial charge in [0.25, 0.3) is 5.91 Å². The maximum atomic E-state index is 12.9. The molecule has 0 aliphatic rings. The van der Waals surface area contributed by atoms with Crippen LogP contribution in [0.1, 0.15) is 21.7 Å². The Morgan fingerprint density at radius 1 is 1.35 bits per heavy atom. The van der Waals surface area contributed by atoms with E-state index in [1.807, 2.05) is 0 Å². The molecule has 0 aliphatic carbocycles. The van der Waals surface area contributed by atoms with Gasteiger partial charge in [-0.25, -0.2) is 0 Å². The Labute approximate surface area is 120 Å². The summed E-state index contributed by atoms with van der Waals surface area (Å²) in [7, 11) is 0. The number of aromatic nitrogens is 1. The molecule has 1 aromatic carbocycles. The molecule has 1 N–H and O–H groups in total. The molecule has 0 unspecified atom stereocenters. The molecule has 0 atom stereocenters. The number of nitrogens with one attached hydrogen (secondary N) is 1. The van der Waals surface area contributed by atoms with Gasteiger partial charge in [0.1, 0.15) is 0 Å². The van der Waals surface area contributed by atoms with Gasteiger partial charge in [-0.3, -0.25) is 4.79 Å². The summed E-state index contributed by atoms with van der Waals surface area (Å²) in [5, 5.41) is 5.77. The number of rotatable bonds is 3. The van der Waals surface area contributed by atoms with E-state index in [1.165, 1.54) is 18.3 Å². The molecule has 8 heteroatoms. The Balaban J connectivity index is 2.21. The first kappa shape index (κ1) is 14.6. The molecule has 20 heavy (non-hydrogen) atoms. The van der Waals surface area contributed by atoms with Crippen LogP contribution in [0.2, 0.25) is 0 Å². The van der Waals surface area contributed by atoms with Gasteiger partial charge in [-0.1, -0.05) is 21.1 Å². The highest BCUT2D eigenvalue weighted by molar-refractivity contribution is 9.10. The van der Waals surface area contributed by atoms with Gasteiger partial charge >= 0.3 is 6.18 Å². The van der Waals surface area contributed by atoms with Crippen molar-refractivity contribution in [2.24, 2.45) is 0 Å². The molecule has 1 heterocycles. The molecule has 0 bridgehead atoms. The van der Waals surface area contributed by atoms with E-state index in [1.54, 1.807) is 0 Å². The van der Waals surface area contributed by atoms with Crippen LogP contribution in [0, 0.1) is 0 Å². The van der Waals surface area contributed by atoms with Crippen molar-refractivity contribution >= 4 is 21.8 Å². The Hall–Kier alpha value is -1.83. The summed E-state index contributed by atoms with van der Waals surface area (Å²) in [5.74, 6) is -0.481. The van der Waals surface area contributed by atoms with E-state index in [2.05, 4.69) is 26.4 Å². The van der Waals surface area contributed by atoms with Crippen LogP contribution in [-0.2, 0) is 12.7 Å². The predicted molar refractivity (Wildman–Crippen MR) is 66.8 cm³/mol. The van der Waals surface area contributed by atoms with Crippen molar-refractivity contribution in [1.82, 2.24) is 10.5 Å².